The minimum Gasteiger partial charge on any atom is -0.368 e. The fourth-order valence-electron chi connectivity index (χ4n) is 4.13. The molecule has 0 saturated carbocycles. The average molecular weight is 498 g/mol. The smallest absolute Gasteiger partial charge is 0.243 e. The summed E-state index contributed by atoms with van der Waals surface area (Å²) in [5.41, 5.74) is 3.03. The highest BCUT2D eigenvalue weighted by Gasteiger charge is 2.30. The summed E-state index contributed by atoms with van der Waals surface area (Å²) in [7, 11) is -3.84. The summed E-state index contributed by atoms with van der Waals surface area (Å²) >= 11 is 6.18. The molecule has 0 aromatic heterocycles. The lowest BCUT2D eigenvalue weighted by atomic mass is 10.1. The van der Waals surface area contributed by atoms with E-state index in [4.69, 9.17) is 11.6 Å². The fraction of sp³-hybridized carbons (Fsp3) is 0.269. The summed E-state index contributed by atoms with van der Waals surface area (Å²) in [5, 5.41) is 0.682. The van der Waals surface area contributed by atoms with Crippen LogP contribution in [0.15, 0.2) is 83.8 Å². The Hall–Kier alpha value is -2.87. The van der Waals surface area contributed by atoms with Gasteiger partial charge in [-0.05, 0) is 42.3 Å². The number of nitrogens with zero attached hydrogens (tertiary/aromatic N) is 3. The van der Waals surface area contributed by atoms with E-state index in [1.807, 2.05) is 55.5 Å². The Labute approximate surface area is 206 Å². The van der Waals surface area contributed by atoms with Gasteiger partial charge in [-0.15, -0.1) is 0 Å². The van der Waals surface area contributed by atoms with Crippen LogP contribution in [-0.2, 0) is 21.4 Å². The van der Waals surface area contributed by atoms with E-state index < -0.39 is 10.0 Å². The quantitative estimate of drug-likeness (QED) is 0.491. The standard InChI is InChI=1S/C26H28ClN3O3S/c1-21-12-13-23(27)18-25(21)28-14-16-29(17-15-28)26(31)20-30(19-22-8-4-2-5-9-22)34(32,33)24-10-6-3-7-11-24/h2-13,18H,14-17,19-20H2,1H3. The number of hydrogen-bond donors (Lipinski definition) is 0. The fourth-order valence-corrected chi connectivity index (χ4v) is 5.69. The topological polar surface area (TPSA) is 60.9 Å². The van der Waals surface area contributed by atoms with Crippen molar-refractivity contribution in [1.82, 2.24) is 9.21 Å². The third kappa shape index (κ3) is 5.60. The minimum absolute atomic E-state index is 0.130. The second-order valence-electron chi connectivity index (χ2n) is 8.37. The van der Waals surface area contributed by atoms with Gasteiger partial charge >= 0.3 is 0 Å². The molecule has 1 heterocycles. The molecule has 178 valence electrons. The van der Waals surface area contributed by atoms with Crippen LogP contribution in [0.2, 0.25) is 5.02 Å². The summed E-state index contributed by atoms with van der Waals surface area (Å²) in [6.45, 7) is 4.34. The van der Waals surface area contributed by atoms with Crippen molar-refractivity contribution >= 4 is 33.2 Å². The van der Waals surface area contributed by atoms with Gasteiger partial charge in [0.15, 0.2) is 0 Å². The number of aryl methyl sites for hydroxylation is 1. The maximum Gasteiger partial charge on any atom is 0.243 e. The van der Waals surface area contributed by atoms with Gasteiger partial charge in [-0.1, -0.05) is 66.2 Å². The van der Waals surface area contributed by atoms with Crippen LogP contribution in [0.4, 0.5) is 5.69 Å². The van der Waals surface area contributed by atoms with Crippen molar-refractivity contribution in [1.29, 1.82) is 0 Å². The molecule has 0 radical (unpaired) electrons. The van der Waals surface area contributed by atoms with Crippen LogP contribution >= 0.6 is 11.6 Å². The van der Waals surface area contributed by atoms with E-state index in [2.05, 4.69) is 4.90 Å². The lowest BCUT2D eigenvalue weighted by Gasteiger charge is -2.37. The minimum atomic E-state index is -3.84. The Balaban J connectivity index is 1.48. The molecular weight excluding hydrogens is 470 g/mol. The predicted molar refractivity (Wildman–Crippen MR) is 135 cm³/mol. The molecule has 3 aromatic carbocycles. The van der Waals surface area contributed by atoms with Crippen molar-refractivity contribution < 1.29 is 13.2 Å². The van der Waals surface area contributed by atoms with Crippen molar-refractivity contribution in [2.45, 2.75) is 18.4 Å². The summed E-state index contributed by atoms with van der Waals surface area (Å²) < 4.78 is 28.1. The molecule has 0 spiro atoms. The Morgan fingerprint density at radius 3 is 2.18 bits per heavy atom. The molecule has 0 unspecified atom stereocenters. The molecule has 8 heteroatoms. The molecule has 0 N–H and O–H groups in total. The summed E-state index contributed by atoms with van der Waals surface area (Å²) in [6, 6.07) is 23.4. The molecule has 1 amide bonds. The molecule has 0 bridgehead atoms. The van der Waals surface area contributed by atoms with Gasteiger partial charge in [0.05, 0.1) is 11.4 Å². The molecule has 1 aliphatic rings. The number of rotatable bonds is 7. The predicted octanol–water partition coefficient (Wildman–Crippen LogP) is 4.19. The van der Waals surface area contributed by atoms with E-state index in [-0.39, 0.29) is 23.9 Å². The lowest BCUT2D eigenvalue weighted by Crippen LogP contribution is -2.51. The van der Waals surface area contributed by atoms with Gasteiger partial charge in [-0.2, -0.15) is 4.31 Å². The van der Waals surface area contributed by atoms with E-state index in [0.29, 0.717) is 31.2 Å². The number of sulfonamides is 1. The zero-order chi connectivity index (χ0) is 24.1. The maximum atomic E-state index is 13.4. The third-order valence-electron chi connectivity index (χ3n) is 6.04. The van der Waals surface area contributed by atoms with E-state index in [0.717, 1.165) is 16.8 Å². The van der Waals surface area contributed by atoms with Crippen molar-refractivity contribution in [2.75, 3.05) is 37.6 Å². The number of piperazine rings is 1. The molecule has 6 nitrogen and oxygen atoms in total. The zero-order valence-electron chi connectivity index (χ0n) is 19.1. The number of benzene rings is 3. The number of hydrogen-bond acceptors (Lipinski definition) is 4. The Morgan fingerprint density at radius 1 is 0.912 bits per heavy atom. The van der Waals surface area contributed by atoms with Crippen LogP contribution in [-0.4, -0.2) is 56.3 Å². The zero-order valence-corrected chi connectivity index (χ0v) is 20.7. The van der Waals surface area contributed by atoms with Crippen LogP contribution in [0.5, 0.6) is 0 Å². The Bertz CT molecular complexity index is 1230. The first-order valence-corrected chi connectivity index (χ1v) is 13.0. The Morgan fingerprint density at radius 2 is 1.53 bits per heavy atom. The average Bonchev–Trinajstić information content (AvgIpc) is 2.86. The van der Waals surface area contributed by atoms with E-state index in [9.17, 15) is 13.2 Å². The van der Waals surface area contributed by atoms with Crippen molar-refractivity contribution in [3.05, 3.63) is 95.0 Å². The maximum absolute atomic E-state index is 13.4. The first kappa shape index (κ1) is 24.3. The van der Waals surface area contributed by atoms with Crippen LogP contribution in [0.1, 0.15) is 11.1 Å². The van der Waals surface area contributed by atoms with Crippen LogP contribution in [0, 0.1) is 6.92 Å². The highest BCUT2D eigenvalue weighted by Crippen LogP contribution is 2.25. The molecule has 0 atom stereocenters. The van der Waals surface area contributed by atoms with Crippen molar-refractivity contribution in [3.63, 3.8) is 0 Å². The molecule has 0 aliphatic carbocycles. The molecule has 34 heavy (non-hydrogen) atoms. The van der Waals surface area contributed by atoms with Crippen LogP contribution < -0.4 is 4.90 Å². The van der Waals surface area contributed by atoms with Crippen LogP contribution in [0.25, 0.3) is 0 Å². The first-order valence-electron chi connectivity index (χ1n) is 11.2. The van der Waals surface area contributed by atoms with Gasteiger partial charge in [-0.25, -0.2) is 8.42 Å². The number of carbonyl (C=O) groups is 1. The molecule has 3 aromatic rings. The number of amides is 1. The molecule has 1 saturated heterocycles. The monoisotopic (exact) mass is 497 g/mol. The van der Waals surface area contributed by atoms with Gasteiger partial charge in [-0.3, -0.25) is 4.79 Å². The van der Waals surface area contributed by atoms with Gasteiger partial charge in [0.2, 0.25) is 15.9 Å². The van der Waals surface area contributed by atoms with Gasteiger partial charge < -0.3 is 9.80 Å². The van der Waals surface area contributed by atoms with E-state index in [1.165, 1.54) is 4.31 Å². The summed E-state index contributed by atoms with van der Waals surface area (Å²) in [4.78, 5) is 17.4. The normalized spacial score (nSPS) is 14.4. The lowest BCUT2D eigenvalue weighted by molar-refractivity contribution is -0.131. The molecule has 1 aliphatic heterocycles. The number of halogens is 1. The molecule has 4 rings (SSSR count). The Kier molecular flexibility index (Phi) is 7.56. The molecule has 1 fully saturated rings. The molecular formula is C26H28ClN3O3S. The van der Waals surface area contributed by atoms with E-state index in [1.54, 1.807) is 35.2 Å². The second kappa shape index (κ2) is 10.6. The summed E-state index contributed by atoms with van der Waals surface area (Å²) in [6.07, 6.45) is 0. The highest BCUT2D eigenvalue weighted by atomic mass is 35.5. The highest BCUT2D eigenvalue weighted by molar-refractivity contribution is 7.89. The first-order chi connectivity index (χ1) is 16.3. The number of anilines is 1. The van der Waals surface area contributed by atoms with Crippen molar-refractivity contribution in [2.24, 2.45) is 0 Å². The largest absolute Gasteiger partial charge is 0.368 e. The third-order valence-corrected chi connectivity index (χ3v) is 8.08. The van der Waals surface area contributed by atoms with Crippen molar-refractivity contribution in [3.8, 4) is 0 Å². The number of carbonyl (C=O) groups excluding carboxylic acids is 1. The second-order valence-corrected chi connectivity index (χ2v) is 10.7. The summed E-state index contributed by atoms with van der Waals surface area (Å²) in [5.74, 6) is -0.196. The van der Waals surface area contributed by atoms with Crippen LogP contribution in [0.3, 0.4) is 0 Å². The van der Waals surface area contributed by atoms with Gasteiger partial charge in [0, 0.05) is 43.4 Å². The van der Waals surface area contributed by atoms with Gasteiger partial charge in [0.25, 0.3) is 0 Å². The van der Waals surface area contributed by atoms with Gasteiger partial charge in [0.1, 0.15) is 0 Å². The SMILES string of the molecule is Cc1ccc(Cl)cc1N1CCN(C(=O)CN(Cc2ccccc2)S(=O)(=O)c2ccccc2)CC1. The van der Waals surface area contributed by atoms with E-state index >= 15 is 0 Å².